The Morgan fingerprint density at radius 2 is 2.00 bits per heavy atom. The number of hydrogen-bond acceptors (Lipinski definition) is 5. The fourth-order valence-electron chi connectivity index (χ4n) is 3.84. The lowest BCUT2D eigenvalue weighted by Gasteiger charge is -2.34. The SMILES string of the molecule is CCN(CC)C(=O)CN1CCC[C@@H](c2nc(C)ncc2-c2ccncc2)C1. The lowest BCUT2D eigenvalue weighted by atomic mass is 9.90. The first-order valence-corrected chi connectivity index (χ1v) is 9.86. The van der Waals surface area contributed by atoms with Crippen molar-refractivity contribution in [2.75, 3.05) is 32.7 Å². The molecule has 6 nitrogen and oxygen atoms in total. The molecule has 0 spiro atoms. The summed E-state index contributed by atoms with van der Waals surface area (Å²) in [5.41, 5.74) is 3.26. The van der Waals surface area contributed by atoms with Gasteiger partial charge in [0.1, 0.15) is 5.82 Å². The van der Waals surface area contributed by atoms with Gasteiger partial charge in [-0.1, -0.05) is 0 Å². The van der Waals surface area contributed by atoms with E-state index in [1.165, 1.54) is 0 Å². The van der Waals surface area contributed by atoms with E-state index in [0.717, 1.165) is 61.7 Å². The Balaban J connectivity index is 1.80. The Kier molecular flexibility index (Phi) is 6.50. The fraction of sp³-hybridized carbons (Fsp3) is 0.524. The smallest absolute Gasteiger partial charge is 0.236 e. The van der Waals surface area contributed by atoms with Crippen LogP contribution in [0, 0.1) is 6.92 Å². The highest BCUT2D eigenvalue weighted by atomic mass is 16.2. The number of rotatable bonds is 6. The first-order valence-electron chi connectivity index (χ1n) is 9.86. The van der Waals surface area contributed by atoms with Crippen LogP contribution in [0.1, 0.15) is 44.1 Å². The third-order valence-corrected chi connectivity index (χ3v) is 5.30. The molecule has 2 aromatic rings. The molecule has 1 fully saturated rings. The molecule has 1 amide bonds. The van der Waals surface area contributed by atoms with Crippen LogP contribution >= 0.6 is 0 Å². The predicted octanol–water partition coefficient (Wildman–Crippen LogP) is 2.89. The monoisotopic (exact) mass is 367 g/mol. The van der Waals surface area contributed by atoms with Crippen LogP contribution in [0.4, 0.5) is 0 Å². The minimum Gasteiger partial charge on any atom is -0.342 e. The van der Waals surface area contributed by atoms with Gasteiger partial charge in [0.05, 0.1) is 12.2 Å². The van der Waals surface area contributed by atoms with Crippen LogP contribution in [0.3, 0.4) is 0 Å². The van der Waals surface area contributed by atoms with Crippen LogP contribution in [0.5, 0.6) is 0 Å². The lowest BCUT2D eigenvalue weighted by molar-refractivity contribution is -0.132. The van der Waals surface area contributed by atoms with E-state index < -0.39 is 0 Å². The highest BCUT2D eigenvalue weighted by Gasteiger charge is 2.27. The molecule has 0 N–H and O–H groups in total. The number of likely N-dealkylation sites (tertiary alicyclic amines) is 1. The molecule has 1 aliphatic rings. The zero-order valence-corrected chi connectivity index (χ0v) is 16.6. The average molecular weight is 367 g/mol. The topological polar surface area (TPSA) is 62.2 Å². The molecule has 1 atom stereocenters. The van der Waals surface area contributed by atoms with Crippen molar-refractivity contribution in [3.63, 3.8) is 0 Å². The molecular weight excluding hydrogens is 338 g/mol. The van der Waals surface area contributed by atoms with Crippen LogP contribution < -0.4 is 0 Å². The molecule has 3 rings (SSSR count). The van der Waals surface area contributed by atoms with Crippen molar-refractivity contribution in [1.82, 2.24) is 24.8 Å². The minimum atomic E-state index is 0.217. The summed E-state index contributed by atoms with van der Waals surface area (Å²) < 4.78 is 0. The van der Waals surface area contributed by atoms with Gasteiger partial charge in [-0.3, -0.25) is 14.7 Å². The number of pyridine rings is 1. The molecule has 27 heavy (non-hydrogen) atoms. The molecule has 0 unspecified atom stereocenters. The van der Waals surface area contributed by atoms with Gasteiger partial charge in [-0.15, -0.1) is 0 Å². The minimum absolute atomic E-state index is 0.217. The molecule has 1 aliphatic heterocycles. The summed E-state index contributed by atoms with van der Waals surface area (Å²) >= 11 is 0. The maximum absolute atomic E-state index is 12.5. The van der Waals surface area contributed by atoms with Crippen LogP contribution in [-0.2, 0) is 4.79 Å². The van der Waals surface area contributed by atoms with Crippen molar-refractivity contribution in [3.8, 4) is 11.1 Å². The molecule has 0 aromatic carbocycles. The van der Waals surface area contributed by atoms with Gasteiger partial charge in [0, 0.05) is 49.7 Å². The molecule has 0 radical (unpaired) electrons. The van der Waals surface area contributed by atoms with Crippen molar-refractivity contribution < 1.29 is 4.79 Å². The molecule has 6 heteroatoms. The highest BCUT2D eigenvalue weighted by Crippen LogP contribution is 2.32. The van der Waals surface area contributed by atoms with Gasteiger partial charge in [-0.25, -0.2) is 9.97 Å². The summed E-state index contributed by atoms with van der Waals surface area (Å²) in [6.45, 7) is 9.86. The Bertz CT molecular complexity index is 760. The summed E-state index contributed by atoms with van der Waals surface area (Å²) in [4.78, 5) is 30.0. The van der Waals surface area contributed by atoms with Crippen LogP contribution in [0.25, 0.3) is 11.1 Å². The van der Waals surface area contributed by atoms with E-state index in [4.69, 9.17) is 4.98 Å². The van der Waals surface area contributed by atoms with Crippen LogP contribution in [0.2, 0.25) is 0 Å². The number of amides is 1. The number of aryl methyl sites for hydroxylation is 1. The molecule has 0 aliphatic carbocycles. The number of aromatic nitrogens is 3. The van der Waals surface area contributed by atoms with Crippen molar-refractivity contribution in [2.24, 2.45) is 0 Å². The fourth-order valence-corrected chi connectivity index (χ4v) is 3.84. The van der Waals surface area contributed by atoms with Gasteiger partial charge in [0.15, 0.2) is 0 Å². The maximum Gasteiger partial charge on any atom is 0.236 e. The van der Waals surface area contributed by atoms with Gasteiger partial charge in [0.25, 0.3) is 0 Å². The molecule has 144 valence electrons. The largest absolute Gasteiger partial charge is 0.342 e. The second kappa shape index (κ2) is 9.04. The second-order valence-electron chi connectivity index (χ2n) is 7.09. The number of piperidine rings is 1. The van der Waals surface area contributed by atoms with E-state index in [1.54, 1.807) is 12.4 Å². The van der Waals surface area contributed by atoms with Crippen molar-refractivity contribution >= 4 is 5.91 Å². The van der Waals surface area contributed by atoms with Gasteiger partial charge < -0.3 is 4.90 Å². The Morgan fingerprint density at radius 1 is 1.26 bits per heavy atom. The standard InChI is InChI=1S/C21H29N5O/c1-4-26(5-2)20(27)15-25-12-6-7-18(14-25)21-19(13-23-16(3)24-21)17-8-10-22-11-9-17/h8-11,13,18H,4-7,12,14-15H2,1-3H3/t18-/m1/s1. The van der Waals surface area contributed by atoms with Crippen molar-refractivity contribution in [1.29, 1.82) is 0 Å². The van der Waals surface area contributed by atoms with Gasteiger partial charge >= 0.3 is 0 Å². The first kappa shape index (κ1) is 19.4. The number of likely N-dealkylation sites (N-methyl/N-ethyl adjacent to an activating group) is 1. The number of carbonyl (C=O) groups excluding carboxylic acids is 1. The van der Waals surface area contributed by atoms with E-state index in [2.05, 4.69) is 14.9 Å². The van der Waals surface area contributed by atoms with Gasteiger partial charge in [-0.2, -0.15) is 0 Å². The molecular formula is C21H29N5O. The quantitative estimate of drug-likeness (QED) is 0.786. The van der Waals surface area contributed by atoms with E-state index in [-0.39, 0.29) is 5.91 Å². The number of hydrogen-bond donors (Lipinski definition) is 0. The maximum atomic E-state index is 12.5. The zero-order valence-electron chi connectivity index (χ0n) is 16.6. The number of nitrogens with zero attached hydrogens (tertiary/aromatic N) is 5. The summed E-state index contributed by atoms with van der Waals surface area (Å²) in [6, 6.07) is 4.00. The van der Waals surface area contributed by atoms with Crippen LogP contribution in [0.15, 0.2) is 30.7 Å². The predicted molar refractivity (Wildman–Crippen MR) is 106 cm³/mol. The molecule has 0 saturated carbocycles. The highest BCUT2D eigenvalue weighted by molar-refractivity contribution is 5.78. The van der Waals surface area contributed by atoms with E-state index in [1.807, 2.05) is 44.0 Å². The summed E-state index contributed by atoms with van der Waals surface area (Å²) in [5.74, 6) is 1.32. The van der Waals surface area contributed by atoms with Gasteiger partial charge in [0.2, 0.25) is 5.91 Å². The second-order valence-corrected chi connectivity index (χ2v) is 7.09. The molecule has 1 saturated heterocycles. The van der Waals surface area contributed by atoms with E-state index >= 15 is 0 Å². The Labute approximate surface area is 161 Å². The van der Waals surface area contributed by atoms with E-state index in [9.17, 15) is 4.79 Å². The first-order chi connectivity index (χ1) is 13.1. The lowest BCUT2D eigenvalue weighted by Crippen LogP contribution is -2.43. The normalized spacial score (nSPS) is 17.7. The van der Waals surface area contributed by atoms with Crippen molar-refractivity contribution in [3.05, 3.63) is 42.2 Å². The Morgan fingerprint density at radius 3 is 2.70 bits per heavy atom. The zero-order chi connectivity index (χ0) is 19.2. The Hall–Kier alpha value is -2.34. The molecule has 2 aromatic heterocycles. The van der Waals surface area contributed by atoms with Crippen LogP contribution in [-0.4, -0.2) is 63.4 Å². The molecule has 0 bridgehead atoms. The molecule has 3 heterocycles. The third kappa shape index (κ3) is 4.69. The summed E-state index contributed by atoms with van der Waals surface area (Å²) in [7, 11) is 0. The van der Waals surface area contributed by atoms with Gasteiger partial charge in [-0.05, 0) is 57.9 Å². The number of carbonyl (C=O) groups is 1. The summed E-state index contributed by atoms with van der Waals surface area (Å²) in [5, 5.41) is 0. The van der Waals surface area contributed by atoms with E-state index in [0.29, 0.717) is 12.5 Å². The average Bonchev–Trinajstić information content (AvgIpc) is 2.70. The van der Waals surface area contributed by atoms with Crippen molar-refractivity contribution in [2.45, 2.75) is 39.5 Å². The third-order valence-electron chi connectivity index (χ3n) is 5.30. The summed E-state index contributed by atoms with van der Waals surface area (Å²) in [6.07, 6.45) is 7.69.